The molecule has 0 unspecified atom stereocenters. The Kier molecular flexibility index (Phi) is 6.46. The van der Waals surface area contributed by atoms with E-state index in [0.29, 0.717) is 29.3 Å². The number of aromatic nitrogens is 1. The number of benzene rings is 2. The van der Waals surface area contributed by atoms with Gasteiger partial charge in [0.2, 0.25) is 0 Å². The van der Waals surface area contributed by atoms with Gasteiger partial charge in [-0.15, -0.1) is 0 Å². The number of likely N-dealkylation sites (N-methyl/N-ethyl adjacent to an activating group) is 1. The fraction of sp³-hybridized carbons (Fsp3) is 0.286. The van der Waals surface area contributed by atoms with Crippen LogP contribution in [0.15, 0.2) is 42.5 Å². The zero-order chi connectivity index (χ0) is 21.0. The van der Waals surface area contributed by atoms with Gasteiger partial charge >= 0.3 is 5.97 Å². The lowest BCUT2D eigenvalue weighted by molar-refractivity contribution is 0.0600. The molecule has 0 spiro atoms. The fourth-order valence-corrected chi connectivity index (χ4v) is 3.71. The molecule has 3 rings (SSSR count). The van der Waals surface area contributed by atoms with Crippen LogP contribution in [0.5, 0.6) is 5.75 Å². The van der Waals surface area contributed by atoms with Crippen molar-refractivity contribution in [1.29, 1.82) is 0 Å². The summed E-state index contributed by atoms with van der Waals surface area (Å²) < 4.78 is 11.0. The van der Waals surface area contributed by atoms with Crippen LogP contribution < -0.4 is 9.64 Å². The molecule has 152 valence electrons. The normalized spacial score (nSPS) is 10.9. The maximum absolute atomic E-state index is 13.2. The highest BCUT2D eigenvalue weighted by Gasteiger charge is 2.22. The summed E-state index contributed by atoms with van der Waals surface area (Å²) in [5.41, 5.74) is 1.66. The largest absolute Gasteiger partial charge is 0.497 e. The van der Waals surface area contributed by atoms with E-state index in [9.17, 15) is 9.59 Å². The van der Waals surface area contributed by atoms with Gasteiger partial charge in [0, 0.05) is 24.7 Å². The van der Waals surface area contributed by atoms with Gasteiger partial charge in [-0.3, -0.25) is 9.69 Å². The predicted molar refractivity (Wildman–Crippen MR) is 114 cm³/mol. The minimum absolute atomic E-state index is 0.172. The smallest absolute Gasteiger partial charge is 0.337 e. The summed E-state index contributed by atoms with van der Waals surface area (Å²) in [6.07, 6.45) is 0. The molecule has 7 nitrogen and oxygen atoms in total. The lowest BCUT2D eigenvalue weighted by Crippen LogP contribution is -2.36. The molecule has 0 saturated heterocycles. The first kappa shape index (κ1) is 20.8. The number of nitrogens with zero attached hydrogens (tertiary/aromatic N) is 3. The van der Waals surface area contributed by atoms with Crippen LogP contribution in [0.25, 0.3) is 10.2 Å². The topological polar surface area (TPSA) is 72.0 Å². The number of carbonyl (C=O) groups is 2. The Morgan fingerprint density at radius 1 is 1.00 bits per heavy atom. The van der Waals surface area contributed by atoms with Crippen molar-refractivity contribution < 1.29 is 19.1 Å². The second-order valence-electron chi connectivity index (χ2n) is 6.66. The van der Waals surface area contributed by atoms with Crippen LogP contribution in [-0.4, -0.2) is 63.2 Å². The molecule has 0 bridgehead atoms. The van der Waals surface area contributed by atoms with Gasteiger partial charge < -0.3 is 14.4 Å². The number of anilines is 1. The monoisotopic (exact) mass is 413 g/mol. The van der Waals surface area contributed by atoms with Gasteiger partial charge in [0.15, 0.2) is 5.13 Å². The summed E-state index contributed by atoms with van der Waals surface area (Å²) in [4.78, 5) is 33.2. The zero-order valence-corrected chi connectivity index (χ0v) is 17.7. The molecule has 3 aromatic rings. The maximum Gasteiger partial charge on any atom is 0.337 e. The molecule has 0 saturated carbocycles. The zero-order valence-electron chi connectivity index (χ0n) is 16.8. The molecule has 0 fully saturated rings. The number of esters is 1. The van der Waals surface area contributed by atoms with Gasteiger partial charge in [-0.25, -0.2) is 9.78 Å². The number of hydrogen-bond donors (Lipinski definition) is 0. The molecule has 0 aliphatic carbocycles. The molecule has 1 amide bonds. The van der Waals surface area contributed by atoms with E-state index in [1.807, 2.05) is 37.2 Å². The standard InChI is InChI=1S/C21H23N3O4S/c1-23(2)11-12-24(19(25)14-5-7-15(8-6-14)20(26)28-4)21-22-17-13-16(27-3)9-10-18(17)29-21/h5-10,13H,11-12H2,1-4H3. The SMILES string of the molecule is COC(=O)c1ccc(C(=O)N(CCN(C)C)c2nc3cc(OC)ccc3s2)cc1. The van der Waals surface area contributed by atoms with Crippen LogP contribution in [0.4, 0.5) is 5.13 Å². The summed E-state index contributed by atoms with van der Waals surface area (Å²) in [6, 6.07) is 12.1. The van der Waals surface area contributed by atoms with Gasteiger partial charge in [0.25, 0.3) is 5.91 Å². The van der Waals surface area contributed by atoms with Crippen LogP contribution in [0, 0.1) is 0 Å². The lowest BCUT2D eigenvalue weighted by atomic mass is 10.1. The first-order valence-corrected chi connectivity index (χ1v) is 9.84. The summed E-state index contributed by atoms with van der Waals surface area (Å²) in [6.45, 7) is 1.17. The van der Waals surface area contributed by atoms with E-state index in [-0.39, 0.29) is 5.91 Å². The van der Waals surface area contributed by atoms with Gasteiger partial charge in [-0.2, -0.15) is 0 Å². The molecule has 0 atom stereocenters. The predicted octanol–water partition coefficient (Wildman–Crippen LogP) is 3.30. The first-order chi connectivity index (χ1) is 13.9. The second-order valence-corrected chi connectivity index (χ2v) is 7.67. The van der Waals surface area contributed by atoms with Crippen molar-refractivity contribution >= 4 is 38.6 Å². The molecular formula is C21H23N3O4S. The highest BCUT2D eigenvalue weighted by atomic mass is 32.1. The highest BCUT2D eigenvalue weighted by Crippen LogP contribution is 2.32. The number of thiazole rings is 1. The lowest BCUT2D eigenvalue weighted by Gasteiger charge is -2.22. The number of hydrogen-bond acceptors (Lipinski definition) is 7. The third kappa shape index (κ3) is 4.72. The molecule has 2 aromatic carbocycles. The van der Waals surface area contributed by atoms with Crippen molar-refractivity contribution in [2.45, 2.75) is 0 Å². The Bertz CT molecular complexity index is 1010. The fourth-order valence-electron chi connectivity index (χ4n) is 2.74. The third-order valence-electron chi connectivity index (χ3n) is 4.38. The van der Waals surface area contributed by atoms with E-state index >= 15 is 0 Å². The van der Waals surface area contributed by atoms with E-state index in [2.05, 4.69) is 4.98 Å². The third-order valence-corrected chi connectivity index (χ3v) is 5.44. The Morgan fingerprint density at radius 2 is 1.69 bits per heavy atom. The van der Waals surface area contributed by atoms with Gasteiger partial charge in [0.05, 0.1) is 30.0 Å². The highest BCUT2D eigenvalue weighted by molar-refractivity contribution is 7.22. The van der Waals surface area contributed by atoms with Gasteiger partial charge in [-0.1, -0.05) is 11.3 Å². The van der Waals surface area contributed by atoms with Crippen LogP contribution in [0.3, 0.4) is 0 Å². The molecule has 0 aliphatic heterocycles. The minimum atomic E-state index is -0.436. The van der Waals surface area contributed by atoms with Crippen LogP contribution in [0.2, 0.25) is 0 Å². The van der Waals surface area contributed by atoms with E-state index < -0.39 is 5.97 Å². The minimum Gasteiger partial charge on any atom is -0.497 e. The number of methoxy groups -OCH3 is 2. The average Bonchev–Trinajstić information content (AvgIpc) is 3.15. The van der Waals surface area contributed by atoms with Crippen molar-refractivity contribution in [2.24, 2.45) is 0 Å². The Morgan fingerprint density at radius 3 is 2.31 bits per heavy atom. The van der Waals surface area contributed by atoms with E-state index in [4.69, 9.17) is 9.47 Å². The van der Waals surface area contributed by atoms with Crippen molar-refractivity contribution in [3.05, 3.63) is 53.6 Å². The Labute approximate surface area is 173 Å². The molecular weight excluding hydrogens is 390 g/mol. The van der Waals surface area contributed by atoms with Crippen molar-refractivity contribution in [1.82, 2.24) is 9.88 Å². The van der Waals surface area contributed by atoms with E-state index in [1.165, 1.54) is 18.4 Å². The molecule has 29 heavy (non-hydrogen) atoms. The number of rotatable bonds is 7. The first-order valence-electron chi connectivity index (χ1n) is 9.02. The summed E-state index contributed by atoms with van der Waals surface area (Å²) in [5.74, 6) is 0.113. The molecule has 0 aliphatic rings. The molecule has 8 heteroatoms. The Balaban J connectivity index is 1.94. The molecule has 0 N–H and O–H groups in total. The number of amides is 1. The van der Waals surface area contributed by atoms with E-state index in [0.717, 1.165) is 16.0 Å². The van der Waals surface area contributed by atoms with Crippen molar-refractivity contribution in [3.8, 4) is 5.75 Å². The van der Waals surface area contributed by atoms with Crippen molar-refractivity contribution in [2.75, 3.05) is 46.3 Å². The van der Waals surface area contributed by atoms with Gasteiger partial charge in [0.1, 0.15) is 5.75 Å². The van der Waals surface area contributed by atoms with Crippen LogP contribution in [-0.2, 0) is 4.74 Å². The number of carbonyl (C=O) groups excluding carboxylic acids is 2. The van der Waals surface area contributed by atoms with Crippen LogP contribution in [0.1, 0.15) is 20.7 Å². The maximum atomic E-state index is 13.2. The molecule has 1 aromatic heterocycles. The summed E-state index contributed by atoms with van der Waals surface area (Å²) >= 11 is 1.46. The van der Waals surface area contributed by atoms with Gasteiger partial charge in [-0.05, 0) is 50.5 Å². The summed E-state index contributed by atoms with van der Waals surface area (Å²) in [5, 5.41) is 0.622. The van der Waals surface area contributed by atoms with E-state index in [1.54, 1.807) is 36.3 Å². The summed E-state index contributed by atoms with van der Waals surface area (Å²) in [7, 11) is 6.85. The molecule has 1 heterocycles. The van der Waals surface area contributed by atoms with Crippen LogP contribution >= 0.6 is 11.3 Å². The van der Waals surface area contributed by atoms with Crippen molar-refractivity contribution in [3.63, 3.8) is 0 Å². The number of fused-ring (bicyclic) bond motifs is 1. The quantitative estimate of drug-likeness (QED) is 0.554. The molecule has 0 radical (unpaired) electrons. The Hall–Kier alpha value is -2.97. The number of ether oxygens (including phenoxy) is 2. The average molecular weight is 413 g/mol. The second kappa shape index (κ2) is 9.02.